The predicted molar refractivity (Wildman–Crippen MR) is 123 cm³/mol. The van der Waals surface area contributed by atoms with Crippen molar-refractivity contribution < 1.29 is 17.6 Å². The fraction of sp³-hybridized carbons (Fsp3) is 0.409. The zero-order valence-corrected chi connectivity index (χ0v) is 19.5. The van der Waals surface area contributed by atoms with Gasteiger partial charge in [-0.15, -0.1) is 12.4 Å². The van der Waals surface area contributed by atoms with Gasteiger partial charge in [0.1, 0.15) is 5.82 Å². The largest absolute Gasteiger partial charge is 0.319 e. The van der Waals surface area contributed by atoms with E-state index in [1.54, 1.807) is 32.0 Å². The highest BCUT2D eigenvalue weighted by molar-refractivity contribution is 7.89. The van der Waals surface area contributed by atoms with Crippen LogP contribution in [0.25, 0.3) is 0 Å². The van der Waals surface area contributed by atoms with Crippen LogP contribution in [0.4, 0.5) is 10.1 Å². The van der Waals surface area contributed by atoms with Crippen LogP contribution in [-0.2, 0) is 10.0 Å². The molecular weight excluding hydrogens is 441 g/mol. The Morgan fingerprint density at radius 1 is 1.13 bits per heavy atom. The van der Waals surface area contributed by atoms with Crippen molar-refractivity contribution in [2.45, 2.75) is 44.6 Å². The summed E-state index contributed by atoms with van der Waals surface area (Å²) in [4.78, 5) is 12.4. The summed E-state index contributed by atoms with van der Waals surface area (Å²) in [6, 6.07) is 9.09. The molecule has 0 radical (unpaired) electrons. The van der Waals surface area contributed by atoms with Gasteiger partial charge in [-0.2, -0.15) is 0 Å². The van der Waals surface area contributed by atoms with Gasteiger partial charge in [0.25, 0.3) is 5.91 Å². The molecule has 0 spiro atoms. The molecule has 170 valence electrons. The van der Waals surface area contributed by atoms with E-state index in [0.717, 1.165) is 37.6 Å². The van der Waals surface area contributed by atoms with Crippen LogP contribution in [0.15, 0.2) is 41.3 Å². The van der Waals surface area contributed by atoms with E-state index in [9.17, 15) is 17.6 Å². The Balaban J connectivity index is 0.00000341. The standard InChI is InChI=1S/C22H28FN3O3S.ClH/c1-14-6-4-5-7-19(14)22(27)25-21-15(2)12-18(13-20(21)23)30(28,29)26-16(3)17-8-10-24-11-9-17;/h4-7,12-13,16-17,24,26H,8-11H2,1-3H3,(H,25,27);1H. The first-order valence-electron chi connectivity index (χ1n) is 10.1. The Bertz CT molecular complexity index is 1020. The van der Waals surface area contributed by atoms with Crippen LogP contribution in [0.1, 0.15) is 41.3 Å². The second kappa shape index (κ2) is 10.5. The van der Waals surface area contributed by atoms with Gasteiger partial charge in [0.15, 0.2) is 0 Å². The van der Waals surface area contributed by atoms with Crippen LogP contribution < -0.4 is 15.4 Å². The molecule has 3 rings (SSSR count). The van der Waals surface area contributed by atoms with Gasteiger partial charge in [-0.3, -0.25) is 4.79 Å². The van der Waals surface area contributed by atoms with E-state index < -0.39 is 21.7 Å². The lowest BCUT2D eigenvalue weighted by molar-refractivity contribution is 0.102. The van der Waals surface area contributed by atoms with Crippen LogP contribution in [0.5, 0.6) is 0 Å². The number of amides is 1. The lowest BCUT2D eigenvalue weighted by Gasteiger charge is -2.28. The topological polar surface area (TPSA) is 87.3 Å². The molecule has 2 aromatic carbocycles. The van der Waals surface area contributed by atoms with Crippen molar-refractivity contribution in [2.24, 2.45) is 5.92 Å². The number of sulfonamides is 1. The molecule has 2 aromatic rings. The minimum atomic E-state index is -3.88. The number of nitrogens with one attached hydrogen (secondary N) is 3. The first kappa shape index (κ1) is 25.3. The van der Waals surface area contributed by atoms with Gasteiger partial charge in [-0.05, 0) is 81.9 Å². The van der Waals surface area contributed by atoms with Gasteiger partial charge in [-0.25, -0.2) is 17.5 Å². The number of hydrogen-bond acceptors (Lipinski definition) is 4. The molecule has 9 heteroatoms. The lowest BCUT2D eigenvalue weighted by atomic mass is 9.92. The number of benzene rings is 2. The maximum atomic E-state index is 14.8. The maximum Gasteiger partial charge on any atom is 0.256 e. The molecule has 0 bridgehead atoms. The summed E-state index contributed by atoms with van der Waals surface area (Å²) in [5.74, 6) is -0.991. The van der Waals surface area contributed by atoms with Gasteiger partial charge in [0.05, 0.1) is 10.6 Å². The van der Waals surface area contributed by atoms with Crippen molar-refractivity contribution in [2.75, 3.05) is 18.4 Å². The first-order chi connectivity index (χ1) is 14.2. The molecule has 0 saturated carbocycles. The van der Waals surface area contributed by atoms with E-state index in [1.807, 2.05) is 13.0 Å². The number of aryl methyl sites for hydroxylation is 2. The van der Waals surface area contributed by atoms with Gasteiger partial charge in [-0.1, -0.05) is 18.2 Å². The molecule has 0 aliphatic carbocycles. The van der Waals surface area contributed by atoms with Crippen LogP contribution >= 0.6 is 12.4 Å². The third-order valence-corrected chi connectivity index (χ3v) is 7.17. The molecule has 1 unspecified atom stereocenters. The SMILES string of the molecule is Cc1ccccc1C(=O)Nc1c(C)cc(S(=O)(=O)NC(C)C2CCNCC2)cc1F.Cl. The molecule has 1 amide bonds. The molecule has 6 nitrogen and oxygen atoms in total. The molecule has 1 heterocycles. The third kappa shape index (κ3) is 6.04. The summed E-state index contributed by atoms with van der Waals surface area (Å²) in [5.41, 5.74) is 1.52. The number of carbonyl (C=O) groups is 1. The van der Waals surface area contributed by atoms with Crippen LogP contribution in [-0.4, -0.2) is 33.5 Å². The van der Waals surface area contributed by atoms with Crippen molar-refractivity contribution in [3.05, 3.63) is 58.9 Å². The Hall–Kier alpha value is -2.00. The van der Waals surface area contributed by atoms with E-state index >= 15 is 0 Å². The molecule has 1 fully saturated rings. The number of halogens is 2. The molecule has 31 heavy (non-hydrogen) atoms. The first-order valence-corrected chi connectivity index (χ1v) is 11.6. The summed E-state index contributed by atoms with van der Waals surface area (Å²) in [6.45, 7) is 6.93. The molecule has 3 N–H and O–H groups in total. The van der Waals surface area contributed by atoms with Gasteiger partial charge < -0.3 is 10.6 Å². The normalized spacial score (nSPS) is 15.7. The van der Waals surface area contributed by atoms with E-state index in [-0.39, 0.29) is 34.9 Å². The van der Waals surface area contributed by atoms with Gasteiger partial charge in [0.2, 0.25) is 10.0 Å². The Morgan fingerprint density at radius 2 is 1.77 bits per heavy atom. The molecular formula is C22H29ClFN3O3S. The average molecular weight is 470 g/mol. The molecule has 1 saturated heterocycles. The van der Waals surface area contributed by atoms with Crippen molar-refractivity contribution >= 4 is 34.0 Å². The Labute approximate surface area is 189 Å². The summed E-state index contributed by atoms with van der Waals surface area (Å²) < 4.78 is 43.1. The number of hydrogen-bond donors (Lipinski definition) is 3. The molecule has 1 atom stereocenters. The van der Waals surface area contributed by atoms with E-state index in [1.165, 1.54) is 6.07 Å². The lowest BCUT2D eigenvalue weighted by Crippen LogP contribution is -2.42. The monoisotopic (exact) mass is 469 g/mol. The maximum absolute atomic E-state index is 14.8. The van der Waals surface area contributed by atoms with Crippen LogP contribution in [0, 0.1) is 25.6 Å². The van der Waals surface area contributed by atoms with Crippen LogP contribution in [0.3, 0.4) is 0 Å². The van der Waals surface area contributed by atoms with Crippen LogP contribution in [0.2, 0.25) is 0 Å². The van der Waals surface area contributed by atoms with Gasteiger partial charge in [0, 0.05) is 11.6 Å². The minimum Gasteiger partial charge on any atom is -0.319 e. The van der Waals surface area contributed by atoms with Gasteiger partial charge >= 0.3 is 0 Å². The molecule has 1 aliphatic heterocycles. The summed E-state index contributed by atoms with van der Waals surface area (Å²) in [7, 11) is -3.88. The number of piperidine rings is 1. The summed E-state index contributed by atoms with van der Waals surface area (Å²) >= 11 is 0. The molecule has 0 aromatic heterocycles. The highest BCUT2D eigenvalue weighted by atomic mass is 35.5. The number of carbonyl (C=O) groups excluding carboxylic acids is 1. The highest BCUT2D eigenvalue weighted by Crippen LogP contribution is 2.26. The number of rotatable bonds is 6. The van der Waals surface area contributed by atoms with Crippen molar-refractivity contribution in [1.82, 2.24) is 10.0 Å². The smallest absolute Gasteiger partial charge is 0.256 e. The summed E-state index contributed by atoms with van der Waals surface area (Å²) in [6.07, 6.45) is 1.78. The fourth-order valence-corrected chi connectivity index (χ4v) is 5.20. The zero-order valence-electron chi connectivity index (χ0n) is 17.9. The average Bonchev–Trinajstić information content (AvgIpc) is 2.71. The second-order valence-electron chi connectivity index (χ2n) is 7.86. The highest BCUT2D eigenvalue weighted by Gasteiger charge is 2.26. The summed E-state index contributed by atoms with van der Waals surface area (Å²) in [5, 5.41) is 5.83. The third-order valence-electron chi connectivity index (χ3n) is 5.63. The zero-order chi connectivity index (χ0) is 21.9. The molecule has 1 aliphatic rings. The predicted octanol–water partition coefficient (Wildman–Crippen LogP) is 3.78. The Kier molecular flexibility index (Phi) is 8.59. The minimum absolute atomic E-state index is 0. The number of anilines is 1. The Morgan fingerprint density at radius 3 is 2.39 bits per heavy atom. The fourth-order valence-electron chi connectivity index (χ4n) is 3.79. The van der Waals surface area contributed by atoms with E-state index in [4.69, 9.17) is 0 Å². The van der Waals surface area contributed by atoms with E-state index in [2.05, 4.69) is 15.4 Å². The second-order valence-corrected chi connectivity index (χ2v) is 9.58. The van der Waals surface area contributed by atoms with Crippen molar-refractivity contribution in [1.29, 1.82) is 0 Å². The van der Waals surface area contributed by atoms with Crippen molar-refractivity contribution in [3.8, 4) is 0 Å². The quantitative estimate of drug-likeness (QED) is 0.600. The van der Waals surface area contributed by atoms with Crippen molar-refractivity contribution in [3.63, 3.8) is 0 Å². The van der Waals surface area contributed by atoms with E-state index in [0.29, 0.717) is 11.1 Å².